The second-order valence-electron chi connectivity index (χ2n) is 4.91. The summed E-state index contributed by atoms with van der Waals surface area (Å²) in [6.07, 6.45) is 0. The van der Waals surface area contributed by atoms with E-state index in [1.54, 1.807) is 14.0 Å². The van der Waals surface area contributed by atoms with E-state index in [0.29, 0.717) is 17.1 Å². The van der Waals surface area contributed by atoms with Crippen LogP contribution in [0.2, 0.25) is 0 Å². The predicted octanol–water partition coefficient (Wildman–Crippen LogP) is 1.01. The van der Waals surface area contributed by atoms with Crippen LogP contribution in [0.15, 0.2) is 40.2 Å². The molecule has 0 unspecified atom stereocenters. The Morgan fingerprint density at radius 1 is 1.23 bits per heavy atom. The Labute approximate surface area is 126 Å². The van der Waals surface area contributed by atoms with Crippen LogP contribution in [0.5, 0.6) is 0 Å². The van der Waals surface area contributed by atoms with Crippen LogP contribution < -0.4 is 11.0 Å². The molecule has 2 N–H and O–H groups in total. The predicted molar refractivity (Wildman–Crippen MR) is 84.2 cm³/mol. The summed E-state index contributed by atoms with van der Waals surface area (Å²) in [5.41, 5.74) is 6.60. The van der Waals surface area contributed by atoms with Gasteiger partial charge in [0.05, 0.1) is 5.56 Å². The van der Waals surface area contributed by atoms with Crippen LogP contribution in [0, 0.1) is 13.8 Å². The van der Waals surface area contributed by atoms with Gasteiger partial charge in [-0.25, -0.2) is 0 Å². The number of aromatic nitrogens is 4. The van der Waals surface area contributed by atoms with Gasteiger partial charge in [0.2, 0.25) is 0 Å². The Balaban J connectivity index is 2.33. The Morgan fingerprint density at radius 3 is 2.64 bits per heavy atom. The smallest absolute Gasteiger partial charge is 0.294 e. The Bertz CT molecular complexity index is 907. The van der Waals surface area contributed by atoms with Crippen LogP contribution in [0.25, 0.3) is 5.65 Å². The van der Waals surface area contributed by atoms with E-state index < -0.39 is 0 Å². The molecular weight excluding hydrogens is 280 g/mol. The number of aromatic amines is 1. The van der Waals surface area contributed by atoms with Gasteiger partial charge in [-0.3, -0.25) is 9.89 Å². The zero-order valence-electron chi connectivity index (χ0n) is 12.6. The van der Waals surface area contributed by atoms with Crippen molar-refractivity contribution in [3.8, 4) is 0 Å². The van der Waals surface area contributed by atoms with Gasteiger partial charge in [0.15, 0.2) is 5.65 Å². The van der Waals surface area contributed by atoms with Crippen molar-refractivity contribution in [1.82, 2.24) is 25.2 Å². The lowest BCUT2D eigenvalue weighted by Crippen LogP contribution is -2.20. The molecule has 3 aromatic rings. The number of nitrogens with one attached hydrogen (secondary N) is 2. The standard InChI is InChI=1S/C15H16N6O/c1-9-12(13(18-16-3)11-7-5-4-6-8-11)14-19-17-10(2)15(22)21(14)20-9/h4-8,16,20H,1-3H3. The summed E-state index contributed by atoms with van der Waals surface area (Å²) >= 11 is 0. The molecule has 22 heavy (non-hydrogen) atoms. The molecule has 0 saturated carbocycles. The summed E-state index contributed by atoms with van der Waals surface area (Å²) in [7, 11) is 1.73. The maximum absolute atomic E-state index is 12.2. The number of H-pyrrole nitrogens is 1. The van der Waals surface area contributed by atoms with Gasteiger partial charge >= 0.3 is 0 Å². The molecule has 0 bridgehead atoms. The summed E-state index contributed by atoms with van der Waals surface area (Å²) in [6.45, 7) is 3.52. The number of hydrogen-bond acceptors (Lipinski definition) is 5. The maximum atomic E-state index is 12.2. The molecule has 3 rings (SSSR count). The van der Waals surface area contributed by atoms with Crippen LogP contribution in [-0.4, -0.2) is 32.6 Å². The molecule has 0 aliphatic rings. The molecule has 7 nitrogen and oxygen atoms in total. The molecular formula is C15H16N6O. The molecule has 0 aliphatic carbocycles. The normalized spacial score (nSPS) is 11.9. The molecule has 0 atom stereocenters. The number of aryl methyl sites for hydroxylation is 2. The zero-order valence-corrected chi connectivity index (χ0v) is 12.6. The molecule has 7 heteroatoms. The third kappa shape index (κ3) is 2.16. The molecule has 0 spiro atoms. The number of benzene rings is 1. The fourth-order valence-electron chi connectivity index (χ4n) is 2.38. The maximum Gasteiger partial charge on any atom is 0.294 e. The first-order valence-electron chi connectivity index (χ1n) is 6.88. The summed E-state index contributed by atoms with van der Waals surface area (Å²) in [5, 5.41) is 15.5. The van der Waals surface area contributed by atoms with Crippen molar-refractivity contribution < 1.29 is 0 Å². The minimum Gasteiger partial charge on any atom is -0.313 e. The van der Waals surface area contributed by atoms with Crippen molar-refractivity contribution in [2.24, 2.45) is 5.10 Å². The van der Waals surface area contributed by atoms with Crippen LogP contribution in [-0.2, 0) is 0 Å². The highest BCUT2D eigenvalue weighted by molar-refractivity contribution is 6.16. The van der Waals surface area contributed by atoms with Gasteiger partial charge in [-0.1, -0.05) is 30.3 Å². The zero-order chi connectivity index (χ0) is 15.7. The average Bonchev–Trinajstić information content (AvgIpc) is 2.86. The summed E-state index contributed by atoms with van der Waals surface area (Å²) in [5.74, 6) is 0. The van der Waals surface area contributed by atoms with E-state index in [9.17, 15) is 4.79 Å². The highest BCUT2D eigenvalue weighted by Crippen LogP contribution is 2.17. The second-order valence-corrected chi connectivity index (χ2v) is 4.91. The van der Waals surface area contributed by atoms with Gasteiger partial charge in [-0.2, -0.15) is 9.62 Å². The van der Waals surface area contributed by atoms with Gasteiger partial charge in [-0.05, 0) is 13.8 Å². The molecule has 0 radical (unpaired) electrons. The van der Waals surface area contributed by atoms with Gasteiger partial charge in [0, 0.05) is 18.3 Å². The topological polar surface area (TPSA) is 87.4 Å². The second kappa shape index (κ2) is 5.44. The SMILES string of the molecule is CNN=C(c1ccccc1)c1c(C)[nH]n2c(=O)c(C)nnc12. The molecule has 0 aliphatic heterocycles. The van der Waals surface area contributed by atoms with E-state index >= 15 is 0 Å². The minimum atomic E-state index is -0.212. The minimum absolute atomic E-state index is 0.212. The highest BCUT2D eigenvalue weighted by atomic mass is 16.1. The van der Waals surface area contributed by atoms with E-state index in [1.165, 1.54) is 4.52 Å². The fraction of sp³-hybridized carbons (Fsp3) is 0.200. The lowest BCUT2D eigenvalue weighted by atomic mass is 10.0. The molecule has 0 fully saturated rings. The van der Waals surface area contributed by atoms with Crippen molar-refractivity contribution in [1.29, 1.82) is 0 Å². The monoisotopic (exact) mass is 296 g/mol. The van der Waals surface area contributed by atoms with Crippen LogP contribution in [0.3, 0.4) is 0 Å². The van der Waals surface area contributed by atoms with Gasteiger partial charge in [0.1, 0.15) is 11.4 Å². The number of rotatable bonds is 3. The highest BCUT2D eigenvalue weighted by Gasteiger charge is 2.19. The molecule has 0 saturated heterocycles. The molecule has 2 heterocycles. The van der Waals surface area contributed by atoms with E-state index in [2.05, 4.69) is 25.8 Å². The number of hydrazone groups is 1. The Morgan fingerprint density at radius 2 is 1.95 bits per heavy atom. The lowest BCUT2D eigenvalue weighted by Gasteiger charge is -2.06. The summed E-state index contributed by atoms with van der Waals surface area (Å²) in [6, 6.07) is 9.73. The van der Waals surface area contributed by atoms with E-state index in [-0.39, 0.29) is 5.56 Å². The Hall–Kier alpha value is -2.96. The van der Waals surface area contributed by atoms with Gasteiger partial charge in [0.25, 0.3) is 5.56 Å². The van der Waals surface area contributed by atoms with Crippen molar-refractivity contribution in [3.63, 3.8) is 0 Å². The first-order chi connectivity index (χ1) is 10.6. The van der Waals surface area contributed by atoms with Crippen LogP contribution in [0.1, 0.15) is 22.5 Å². The van der Waals surface area contributed by atoms with Crippen molar-refractivity contribution in [2.75, 3.05) is 7.05 Å². The third-order valence-corrected chi connectivity index (χ3v) is 3.40. The fourth-order valence-corrected chi connectivity index (χ4v) is 2.38. The van der Waals surface area contributed by atoms with Gasteiger partial charge in [-0.15, -0.1) is 10.2 Å². The van der Waals surface area contributed by atoms with Crippen molar-refractivity contribution in [2.45, 2.75) is 13.8 Å². The quantitative estimate of drug-likeness (QED) is 0.558. The van der Waals surface area contributed by atoms with Crippen molar-refractivity contribution in [3.05, 3.63) is 63.2 Å². The van der Waals surface area contributed by atoms with Crippen LogP contribution >= 0.6 is 0 Å². The first kappa shape index (κ1) is 14.0. The van der Waals surface area contributed by atoms with Gasteiger partial charge < -0.3 is 5.43 Å². The number of nitrogens with zero attached hydrogens (tertiary/aromatic N) is 4. The molecule has 2 aromatic heterocycles. The molecule has 1 aromatic carbocycles. The lowest BCUT2D eigenvalue weighted by molar-refractivity contribution is 0.817. The van der Waals surface area contributed by atoms with Crippen molar-refractivity contribution >= 4 is 11.4 Å². The molecule has 0 amide bonds. The number of hydrogen-bond donors (Lipinski definition) is 2. The summed E-state index contributed by atoms with van der Waals surface area (Å²) in [4.78, 5) is 12.2. The average molecular weight is 296 g/mol. The first-order valence-corrected chi connectivity index (χ1v) is 6.88. The van der Waals surface area contributed by atoms with E-state index in [0.717, 1.165) is 16.8 Å². The largest absolute Gasteiger partial charge is 0.313 e. The Kier molecular flexibility index (Phi) is 3.46. The molecule has 112 valence electrons. The van der Waals surface area contributed by atoms with E-state index in [4.69, 9.17) is 0 Å². The third-order valence-electron chi connectivity index (χ3n) is 3.40. The van der Waals surface area contributed by atoms with E-state index in [1.807, 2.05) is 37.3 Å². The summed E-state index contributed by atoms with van der Waals surface area (Å²) < 4.78 is 1.40. The number of fused-ring (bicyclic) bond motifs is 1. The van der Waals surface area contributed by atoms with Crippen LogP contribution in [0.4, 0.5) is 0 Å².